The molecule has 3 amide bonds. The van der Waals surface area contributed by atoms with E-state index >= 15 is 0 Å². The molecule has 1 heterocycles. The zero-order valence-corrected chi connectivity index (χ0v) is 22.2. The monoisotopic (exact) mass is 550 g/mol. The molecule has 0 bridgehead atoms. The SMILES string of the molecule is CC(=O)Nc1ccc(N(C(=O)Cn2nnc3ccccc32)C(C(=O)NCc2ccccc2)c2cccc(F)c2)cc1. The van der Waals surface area contributed by atoms with Gasteiger partial charge in [0.05, 0.1) is 5.52 Å². The van der Waals surface area contributed by atoms with Crippen molar-refractivity contribution in [3.05, 3.63) is 120 Å². The van der Waals surface area contributed by atoms with Crippen molar-refractivity contribution in [1.29, 1.82) is 0 Å². The Hall–Kier alpha value is -5.38. The molecule has 5 rings (SSSR count). The standard InChI is InChI=1S/C31H27FN6O3/c1-21(39)34-25-14-16-26(17-15-25)38(29(40)20-37-28-13-6-5-12-27(28)35-36-37)30(23-10-7-11-24(32)18-23)31(41)33-19-22-8-3-2-4-9-22/h2-18,30H,19-20H2,1H3,(H,33,41)(H,34,39). The van der Waals surface area contributed by atoms with Crippen LogP contribution in [0.15, 0.2) is 103 Å². The molecule has 0 radical (unpaired) electrons. The number of nitrogens with one attached hydrogen (secondary N) is 2. The molecule has 4 aromatic carbocycles. The van der Waals surface area contributed by atoms with Crippen LogP contribution in [0.4, 0.5) is 15.8 Å². The maximum atomic E-state index is 14.5. The second-order valence-electron chi connectivity index (χ2n) is 9.39. The maximum Gasteiger partial charge on any atom is 0.249 e. The predicted molar refractivity (Wildman–Crippen MR) is 153 cm³/mol. The van der Waals surface area contributed by atoms with E-state index in [0.29, 0.717) is 28.0 Å². The molecule has 1 atom stereocenters. The number of benzene rings is 4. The summed E-state index contributed by atoms with van der Waals surface area (Å²) in [7, 11) is 0. The lowest BCUT2D eigenvalue weighted by Gasteiger charge is -2.32. The summed E-state index contributed by atoms with van der Waals surface area (Å²) < 4.78 is 15.9. The summed E-state index contributed by atoms with van der Waals surface area (Å²) in [4.78, 5) is 40.8. The van der Waals surface area contributed by atoms with Crippen LogP contribution in [0.5, 0.6) is 0 Å². The molecule has 0 spiro atoms. The molecule has 0 aliphatic heterocycles. The molecule has 10 heteroatoms. The Morgan fingerprint density at radius 2 is 1.63 bits per heavy atom. The van der Waals surface area contributed by atoms with Crippen molar-refractivity contribution in [1.82, 2.24) is 20.3 Å². The lowest BCUT2D eigenvalue weighted by Crippen LogP contribution is -2.45. The van der Waals surface area contributed by atoms with Gasteiger partial charge < -0.3 is 10.6 Å². The first-order chi connectivity index (χ1) is 19.9. The van der Waals surface area contributed by atoms with Crippen LogP contribution in [0.2, 0.25) is 0 Å². The second kappa shape index (κ2) is 12.2. The lowest BCUT2D eigenvalue weighted by atomic mass is 10.0. The number of rotatable bonds is 9. The van der Waals surface area contributed by atoms with Crippen molar-refractivity contribution in [3.8, 4) is 0 Å². The average molecular weight is 551 g/mol. The van der Waals surface area contributed by atoms with E-state index in [-0.39, 0.29) is 19.0 Å². The Morgan fingerprint density at radius 3 is 2.37 bits per heavy atom. The van der Waals surface area contributed by atoms with E-state index in [4.69, 9.17) is 0 Å². The Bertz CT molecular complexity index is 1690. The van der Waals surface area contributed by atoms with Crippen LogP contribution < -0.4 is 15.5 Å². The number of aromatic nitrogens is 3. The number of carbonyl (C=O) groups excluding carboxylic acids is 3. The highest BCUT2D eigenvalue weighted by atomic mass is 19.1. The van der Waals surface area contributed by atoms with Gasteiger partial charge in [-0.25, -0.2) is 9.07 Å². The van der Waals surface area contributed by atoms with E-state index in [1.54, 1.807) is 42.5 Å². The van der Waals surface area contributed by atoms with Gasteiger partial charge in [-0.15, -0.1) is 5.10 Å². The summed E-state index contributed by atoms with van der Waals surface area (Å²) in [6.45, 7) is 1.37. The molecule has 5 aromatic rings. The lowest BCUT2D eigenvalue weighted by molar-refractivity contribution is -0.127. The van der Waals surface area contributed by atoms with E-state index in [9.17, 15) is 18.8 Å². The van der Waals surface area contributed by atoms with Gasteiger partial charge >= 0.3 is 0 Å². The molecule has 0 fully saturated rings. The molecular weight excluding hydrogens is 523 g/mol. The fourth-order valence-electron chi connectivity index (χ4n) is 4.56. The first kappa shape index (κ1) is 27.2. The number of hydrogen-bond donors (Lipinski definition) is 2. The first-order valence-corrected chi connectivity index (χ1v) is 12.9. The largest absolute Gasteiger partial charge is 0.350 e. The van der Waals surface area contributed by atoms with Gasteiger partial charge in [-0.2, -0.15) is 0 Å². The maximum absolute atomic E-state index is 14.5. The molecule has 1 unspecified atom stereocenters. The van der Waals surface area contributed by atoms with E-state index < -0.39 is 23.7 Å². The normalized spacial score (nSPS) is 11.6. The van der Waals surface area contributed by atoms with Crippen LogP contribution in [0.25, 0.3) is 11.0 Å². The van der Waals surface area contributed by atoms with E-state index in [2.05, 4.69) is 20.9 Å². The van der Waals surface area contributed by atoms with Crippen molar-refractivity contribution in [2.45, 2.75) is 26.1 Å². The molecule has 1 aromatic heterocycles. The summed E-state index contributed by atoms with van der Waals surface area (Å²) in [5.74, 6) is -1.76. The van der Waals surface area contributed by atoms with Gasteiger partial charge in [0.15, 0.2) is 0 Å². The highest BCUT2D eigenvalue weighted by molar-refractivity contribution is 6.02. The number of anilines is 2. The number of halogens is 1. The third-order valence-electron chi connectivity index (χ3n) is 6.42. The Balaban J connectivity index is 1.56. The molecule has 0 aliphatic carbocycles. The number of hydrogen-bond acceptors (Lipinski definition) is 5. The summed E-state index contributed by atoms with van der Waals surface area (Å²) in [6.07, 6.45) is 0. The number of carbonyl (C=O) groups is 3. The Labute approximate surface area is 235 Å². The highest BCUT2D eigenvalue weighted by Gasteiger charge is 2.33. The van der Waals surface area contributed by atoms with Crippen LogP contribution in [0.1, 0.15) is 24.1 Å². The van der Waals surface area contributed by atoms with Crippen LogP contribution in [0, 0.1) is 5.82 Å². The molecule has 0 saturated carbocycles. The minimum atomic E-state index is -1.22. The van der Waals surface area contributed by atoms with Crippen molar-refractivity contribution < 1.29 is 18.8 Å². The Kier molecular flexibility index (Phi) is 8.10. The smallest absolute Gasteiger partial charge is 0.249 e. The van der Waals surface area contributed by atoms with Crippen LogP contribution in [-0.4, -0.2) is 32.7 Å². The number of para-hydroxylation sites is 1. The number of amides is 3. The van der Waals surface area contributed by atoms with Gasteiger partial charge in [0.25, 0.3) is 0 Å². The van der Waals surface area contributed by atoms with E-state index in [0.717, 1.165) is 5.56 Å². The number of fused-ring (bicyclic) bond motifs is 1. The van der Waals surface area contributed by atoms with Gasteiger partial charge in [0, 0.05) is 24.8 Å². The fraction of sp³-hybridized carbons (Fsp3) is 0.129. The van der Waals surface area contributed by atoms with Gasteiger partial charge in [0.2, 0.25) is 17.7 Å². The summed E-state index contributed by atoms with van der Waals surface area (Å²) in [5.41, 5.74) is 3.32. The fourth-order valence-corrected chi connectivity index (χ4v) is 4.56. The third-order valence-corrected chi connectivity index (χ3v) is 6.42. The summed E-state index contributed by atoms with van der Waals surface area (Å²) in [5, 5.41) is 13.9. The predicted octanol–water partition coefficient (Wildman–Crippen LogP) is 4.62. The quantitative estimate of drug-likeness (QED) is 0.278. The molecule has 2 N–H and O–H groups in total. The summed E-state index contributed by atoms with van der Waals surface area (Å²) in [6, 6.07) is 27.5. The van der Waals surface area contributed by atoms with Gasteiger partial charge in [-0.05, 0) is 59.7 Å². The van der Waals surface area contributed by atoms with Gasteiger partial charge in [0.1, 0.15) is 23.9 Å². The van der Waals surface area contributed by atoms with Crippen molar-refractivity contribution in [3.63, 3.8) is 0 Å². The van der Waals surface area contributed by atoms with Crippen molar-refractivity contribution in [2.24, 2.45) is 0 Å². The van der Waals surface area contributed by atoms with Gasteiger partial charge in [-0.3, -0.25) is 19.3 Å². The molecule has 0 saturated heterocycles. The first-order valence-electron chi connectivity index (χ1n) is 12.9. The zero-order valence-electron chi connectivity index (χ0n) is 22.2. The molecule has 0 aliphatic rings. The summed E-state index contributed by atoms with van der Waals surface area (Å²) >= 11 is 0. The van der Waals surface area contributed by atoms with E-state index in [1.165, 1.54) is 34.7 Å². The molecule has 41 heavy (non-hydrogen) atoms. The number of nitrogens with zero attached hydrogens (tertiary/aromatic N) is 4. The van der Waals surface area contributed by atoms with Crippen molar-refractivity contribution >= 4 is 40.1 Å². The molecule has 206 valence electrons. The average Bonchev–Trinajstić information content (AvgIpc) is 3.38. The molecular formula is C31H27FN6O3. The van der Waals surface area contributed by atoms with Crippen LogP contribution in [0.3, 0.4) is 0 Å². The zero-order chi connectivity index (χ0) is 28.8. The van der Waals surface area contributed by atoms with Crippen molar-refractivity contribution in [2.75, 3.05) is 10.2 Å². The third kappa shape index (κ3) is 6.44. The van der Waals surface area contributed by atoms with Crippen LogP contribution >= 0.6 is 0 Å². The van der Waals surface area contributed by atoms with Gasteiger partial charge in [-0.1, -0.05) is 59.8 Å². The van der Waals surface area contributed by atoms with Crippen LogP contribution in [-0.2, 0) is 27.5 Å². The molecule has 9 nitrogen and oxygen atoms in total. The Morgan fingerprint density at radius 1 is 0.902 bits per heavy atom. The minimum Gasteiger partial charge on any atom is -0.350 e. The second-order valence-corrected chi connectivity index (χ2v) is 9.39. The van der Waals surface area contributed by atoms with E-state index in [1.807, 2.05) is 42.5 Å². The highest BCUT2D eigenvalue weighted by Crippen LogP contribution is 2.30. The minimum absolute atomic E-state index is 0.211. The topological polar surface area (TPSA) is 109 Å².